The van der Waals surface area contributed by atoms with Crippen LogP contribution in [0.2, 0.25) is 0 Å². The molecular formula is C14H16N2O3S. The molecular weight excluding hydrogens is 276 g/mol. The molecule has 0 fully saturated rings. The van der Waals surface area contributed by atoms with E-state index in [0.717, 1.165) is 10.6 Å². The molecule has 5 nitrogen and oxygen atoms in total. The number of carbonyl (C=O) groups excluding carboxylic acids is 1. The molecule has 2 atom stereocenters. The maximum atomic E-state index is 12.0. The molecule has 0 radical (unpaired) electrons. The van der Waals surface area contributed by atoms with Gasteiger partial charge in [-0.05, 0) is 6.42 Å². The largest absolute Gasteiger partial charge is 0.480 e. The van der Waals surface area contributed by atoms with Crippen molar-refractivity contribution < 1.29 is 14.7 Å². The Hall–Kier alpha value is -1.82. The summed E-state index contributed by atoms with van der Waals surface area (Å²) < 4.78 is 0. The highest BCUT2D eigenvalue weighted by Crippen LogP contribution is 2.23. The van der Waals surface area contributed by atoms with Gasteiger partial charge in [0, 0.05) is 11.3 Å². The zero-order chi connectivity index (χ0) is 14.5. The van der Waals surface area contributed by atoms with E-state index < -0.39 is 18.1 Å². The molecule has 1 aliphatic heterocycles. The molecule has 0 saturated carbocycles. The fourth-order valence-electron chi connectivity index (χ4n) is 1.85. The Bertz CT molecular complexity index is 530. The van der Waals surface area contributed by atoms with E-state index in [9.17, 15) is 9.59 Å². The zero-order valence-electron chi connectivity index (χ0n) is 11.1. The average Bonchev–Trinajstić information content (AvgIpc) is 2.95. The third-order valence-electron chi connectivity index (χ3n) is 3.00. The van der Waals surface area contributed by atoms with Crippen LogP contribution in [0.4, 0.5) is 0 Å². The summed E-state index contributed by atoms with van der Waals surface area (Å²) in [6, 6.07) is 8.29. The highest BCUT2D eigenvalue weighted by atomic mass is 32.2. The molecule has 1 unspecified atom stereocenters. The van der Waals surface area contributed by atoms with Crippen molar-refractivity contribution in [3.05, 3.63) is 35.9 Å². The minimum Gasteiger partial charge on any atom is -0.480 e. The summed E-state index contributed by atoms with van der Waals surface area (Å²) in [7, 11) is 0. The molecule has 1 amide bonds. The molecule has 1 aromatic rings. The highest BCUT2D eigenvalue weighted by Gasteiger charge is 2.28. The van der Waals surface area contributed by atoms with Crippen LogP contribution in [0.5, 0.6) is 0 Å². The van der Waals surface area contributed by atoms with Gasteiger partial charge in [-0.1, -0.05) is 37.3 Å². The van der Waals surface area contributed by atoms with Gasteiger partial charge in [0.15, 0.2) is 0 Å². The lowest BCUT2D eigenvalue weighted by Crippen LogP contribution is -2.44. The molecule has 0 aromatic heterocycles. The number of carboxylic acids is 1. The Morgan fingerprint density at radius 2 is 2.15 bits per heavy atom. The molecule has 1 aromatic carbocycles. The Balaban J connectivity index is 2.03. The van der Waals surface area contributed by atoms with Crippen LogP contribution >= 0.6 is 11.8 Å². The lowest BCUT2D eigenvalue weighted by molar-refractivity contribution is -0.142. The first-order chi connectivity index (χ1) is 9.61. The number of benzene rings is 1. The topological polar surface area (TPSA) is 78.8 Å². The van der Waals surface area contributed by atoms with Crippen molar-refractivity contribution in [3.63, 3.8) is 0 Å². The Kier molecular flexibility index (Phi) is 4.79. The van der Waals surface area contributed by atoms with Gasteiger partial charge in [-0.15, -0.1) is 11.8 Å². The normalized spacial score (nSPS) is 19.2. The molecule has 0 saturated heterocycles. The van der Waals surface area contributed by atoms with Crippen molar-refractivity contribution in [1.82, 2.24) is 5.32 Å². The second-order valence-electron chi connectivity index (χ2n) is 4.43. The van der Waals surface area contributed by atoms with Crippen molar-refractivity contribution in [2.24, 2.45) is 4.99 Å². The standard InChI is InChI=1S/C14H16N2O3S/c1-2-10(14(18)19)15-12(17)11-8-20-13(16-11)9-6-4-3-5-7-9/h3-7,10-11H,2,8H2,1H3,(H,15,17)(H,18,19)/t10-,11?/m0/s1. The summed E-state index contributed by atoms with van der Waals surface area (Å²) in [4.78, 5) is 27.3. The van der Waals surface area contributed by atoms with E-state index in [1.165, 1.54) is 11.8 Å². The van der Waals surface area contributed by atoms with Crippen LogP contribution < -0.4 is 5.32 Å². The summed E-state index contributed by atoms with van der Waals surface area (Å²) in [5.41, 5.74) is 0.984. The van der Waals surface area contributed by atoms with E-state index in [2.05, 4.69) is 10.3 Å². The van der Waals surface area contributed by atoms with Crippen molar-refractivity contribution in [3.8, 4) is 0 Å². The molecule has 106 valence electrons. The van der Waals surface area contributed by atoms with Crippen LogP contribution in [0, 0.1) is 0 Å². The summed E-state index contributed by atoms with van der Waals surface area (Å²) in [6.07, 6.45) is 0.357. The molecule has 2 N–H and O–H groups in total. The second-order valence-corrected chi connectivity index (χ2v) is 5.44. The predicted octanol–water partition coefficient (Wildman–Crippen LogP) is 1.53. The summed E-state index contributed by atoms with van der Waals surface area (Å²) in [5, 5.41) is 12.3. The number of aliphatic imine (C=N–C) groups is 1. The van der Waals surface area contributed by atoms with Crippen LogP contribution in [-0.4, -0.2) is 39.9 Å². The molecule has 1 aliphatic rings. The number of thioether (sulfide) groups is 1. The number of nitrogens with zero attached hydrogens (tertiary/aromatic N) is 1. The van der Waals surface area contributed by atoms with Gasteiger partial charge in [0.05, 0.1) is 5.04 Å². The molecule has 2 rings (SSSR count). The van der Waals surface area contributed by atoms with E-state index in [4.69, 9.17) is 5.11 Å². The van der Waals surface area contributed by atoms with E-state index >= 15 is 0 Å². The second kappa shape index (κ2) is 6.56. The number of hydrogen-bond donors (Lipinski definition) is 2. The number of carbonyl (C=O) groups is 2. The van der Waals surface area contributed by atoms with Crippen LogP contribution in [0.1, 0.15) is 18.9 Å². The molecule has 0 aliphatic carbocycles. The van der Waals surface area contributed by atoms with Crippen molar-refractivity contribution in [2.45, 2.75) is 25.4 Å². The first-order valence-corrected chi connectivity index (χ1v) is 7.39. The minimum atomic E-state index is -1.02. The summed E-state index contributed by atoms with van der Waals surface area (Å²) in [6.45, 7) is 1.72. The Morgan fingerprint density at radius 3 is 2.75 bits per heavy atom. The van der Waals surface area contributed by atoms with Gasteiger partial charge in [-0.25, -0.2) is 4.79 Å². The van der Waals surface area contributed by atoms with Crippen molar-refractivity contribution >= 4 is 28.7 Å². The van der Waals surface area contributed by atoms with Crippen LogP contribution in [0.3, 0.4) is 0 Å². The van der Waals surface area contributed by atoms with Gasteiger partial charge in [0.2, 0.25) is 5.91 Å². The maximum Gasteiger partial charge on any atom is 0.326 e. The van der Waals surface area contributed by atoms with Crippen LogP contribution in [-0.2, 0) is 9.59 Å². The van der Waals surface area contributed by atoms with E-state index in [1.54, 1.807) is 6.92 Å². The van der Waals surface area contributed by atoms with Gasteiger partial charge < -0.3 is 10.4 Å². The molecule has 0 bridgehead atoms. The molecule has 6 heteroatoms. The smallest absolute Gasteiger partial charge is 0.326 e. The Morgan fingerprint density at radius 1 is 1.45 bits per heavy atom. The summed E-state index contributed by atoms with van der Waals surface area (Å²) in [5.74, 6) is -0.789. The van der Waals surface area contributed by atoms with Crippen LogP contribution in [0.25, 0.3) is 0 Å². The highest BCUT2D eigenvalue weighted by molar-refractivity contribution is 8.14. The van der Waals surface area contributed by atoms with Gasteiger partial charge in [0.25, 0.3) is 0 Å². The average molecular weight is 292 g/mol. The third kappa shape index (κ3) is 3.39. The third-order valence-corrected chi connectivity index (χ3v) is 4.09. The number of amides is 1. The first kappa shape index (κ1) is 14.6. The van der Waals surface area contributed by atoms with Gasteiger partial charge in [0.1, 0.15) is 12.1 Å². The predicted molar refractivity (Wildman–Crippen MR) is 79.1 cm³/mol. The number of nitrogens with one attached hydrogen (secondary N) is 1. The number of hydrogen-bond acceptors (Lipinski definition) is 4. The van der Waals surface area contributed by atoms with E-state index in [-0.39, 0.29) is 5.91 Å². The lowest BCUT2D eigenvalue weighted by Gasteiger charge is -2.13. The monoisotopic (exact) mass is 292 g/mol. The molecule has 1 heterocycles. The number of rotatable bonds is 5. The Labute approximate surface area is 121 Å². The van der Waals surface area contributed by atoms with E-state index in [0.29, 0.717) is 12.2 Å². The fourth-order valence-corrected chi connectivity index (χ4v) is 2.90. The molecule has 0 spiro atoms. The fraction of sp³-hybridized carbons (Fsp3) is 0.357. The maximum absolute atomic E-state index is 12.0. The zero-order valence-corrected chi connectivity index (χ0v) is 11.9. The summed E-state index contributed by atoms with van der Waals surface area (Å²) >= 11 is 1.52. The van der Waals surface area contributed by atoms with Gasteiger partial charge in [-0.3, -0.25) is 9.79 Å². The van der Waals surface area contributed by atoms with Gasteiger partial charge >= 0.3 is 5.97 Å². The van der Waals surface area contributed by atoms with Crippen molar-refractivity contribution in [1.29, 1.82) is 0 Å². The van der Waals surface area contributed by atoms with Gasteiger partial charge in [-0.2, -0.15) is 0 Å². The quantitative estimate of drug-likeness (QED) is 0.862. The minimum absolute atomic E-state index is 0.322. The van der Waals surface area contributed by atoms with Crippen molar-refractivity contribution in [2.75, 3.05) is 5.75 Å². The SMILES string of the molecule is CC[C@H](NC(=O)C1CSC(c2ccccc2)=N1)C(=O)O. The number of carboxylic acid groups (broad SMARTS) is 1. The van der Waals surface area contributed by atoms with E-state index in [1.807, 2.05) is 30.3 Å². The number of aliphatic carboxylic acids is 1. The lowest BCUT2D eigenvalue weighted by atomic mass is 10.2. The first-order valence-electron chi connectivity index (χ1n) is 6.41. The van der Waals surface area contributed by atoms with Crippen LogP contribution in [0.15, 0.2) is 35.3 Å². The molecule has 20 heavy (non-hydrogen) atoms.